The van der Waals surface area contributed by atoms with Crippen LogP contribution in [0.15, 0.2) is 59.5 Å². The predicted molar refractivity (Wildman–Crippen MR) is 99.8 cm³/mol. The Labute approximate surface area is 146 Å². The average molecular weight is 335 g/mol. The lowest BCUT2D eigenvalue weighted by atomic mass is 10.0. The van der Waals surface area contributed by atoms with Crippen LogP contribution >= 0.6 is 0 Å². The third-order valence-corrected chi connectivity index (χ3v) is 4.15. The molecule has 1 heterocycles. The molecule has 2 aromatic carbocycles. The molecular weight excluding hydrogens is 314 g/mol. The van der Waals surface area contributed by atoms with E-state index in [0.29, 0.717) is 17.8 Å². The highest BCUT2D eigenvalue weighted by Crippen LogP contribution is 2.18. The van der Waals surface area contributed by atoms with Gasteiger partial charge in [0.05, 0.1) is 18.3 Å². The molecule has 0 aliphatic heterocycles. The number of nitrogens with one attached hydrogen (secondary N) is 1. The minimum absolute atomic E-state index is 0.0783. The summed E-state index contributed by atoms with van der Waals surface area (Å²) in [4.78, 5) is 24.1. The predicted octanol–water partition coefficient (Wildman–Crippen LogP) is 3.55. The van der Waals surface area contributed by atoms with Gasteiger partial charge in [0.25, 0.3) is 0 Å². The minimum atomic E-state index is -0.109. The van der Waals surface area contributed by atoms with Crippen molar-refractivity contribution >= 4 is 22.5 Å². The summed E-state index contributed by atoms with van der Waals surface area (Å²) in [6, 6.07) is 15.2. The largest absolute Gasteiger partial charge is 0.326 e. The van der Waals surface area contributed by atoms with Crippen LogP contribution in [0, 0.1) is 0 Å². The standard InChI is InChI=1S/C20H21N3O2/c1-14(2)15-6-5-7-16(12-15)22-20(25)10-11-23-18-9-4-3-8-17(18)19(24)13-21-23/h3-9,12-14H,10-11H2,1-2H3,(H,22,25). The summed E-state index contributed by atoms with van der Waals surface area (Å²) >= 11 is 0. The third-order valence-electron chi connectivity index (χ3n) is 4.15. The molecule has 3 aromatic rings. The van der Waals surface area contributed by atoms with Crippen molar-refractivity contribution in [1.82, 2.24) is 9.78 Å². The average Bonchev–Trinajstić information content (AvgIpc) is 2.61. The molecule has 0 fully saturated rings. The van der Waals surface area contributed by atoms with Crippen LogP contribution < -0.4 is 10.7 Å². The molecule has 1 N–H and O–H groups in total. The fourth-order valence-corrected chi connectivity index (χ4v) is 2.75. The fraction of sp³-hybridized carbons (Fsp3) is 0.250. The molecule has 1 aromatic heterocycles. The molecule has 0 unspecified atom stereocenters. The number of hydrogen-bond acceptors (Lipinski definition) is 3. The Balaban J connectivity index is 1.70. The molecule has 128 valence electrons. The van der Waals surface area contributed by atoms with Gasteiger partial charge in [0, 0.05) is 17.5 Å². The Morgan fingerprint density at radius 3 is 2.76 bits per heavy atom. The van der Waals surface area contributed by atoms with E-state index in [9.17, 15) is 9.59 Å². The lowest BCUT2D eigenvalue weighted by Gasteiger charge is -2.11. The SMILES string of the molecule is CC(C)c1cccc(NC(=O)CCn2ncc(=O)c3ccccc32)c1. The third kappa shape index (κ3) is 3.94. The van der Waals surface area contributed by atoms with Crippen molar-refractivity contribution in [1.29, 1.82) is 0 Å². The number of fused-ring (bicyclic) bond motifs is 1. The summed E-state index contributed by atoms with van der Waals surface area (Å²) in [5, 5.41) is 7.69. The van der Waals surface area contributed by atoms with Gasteiger partial charge in [0.15, 0.2) is 0 Å². The number of anilines is 1. The van der Waals surface area contributed by atoms with Crippen molar-refractivity contribution in [2.75, 3.05) is 5.32 Å². The zero-order chi connectivity index (χ0) is 17.8. The summed E-state index contributed by atoms with van der Waals surface area (Å²) in [6.45, 7) is 4.65. The first kappa shape index (κ1) is 16.9. The molecule has 1 amide bonds. The Morgan fingerprint density at radius 2 is 1.96 bits per heavy atom. The van der Waals surface area contributed by atoms with E-state index in [4.69, 9.17) is 0 Å². The van der Waals surface area contributed by atoms with E-state index in [2.05, 4.69) is 30.3 Å². The van der Waals surface area contributed by atoms with Gasteiger partial charge in [0.2, 0.25) is 11.3 Å². The molecule has 5 nitrogen and oxygen atoms in total. The summed E-state index contributed by atoms with van der Waals surface area (Å²) < 4.78 is 1.70. The molecule has 0 saturated carbocycles. The molecule has 0 saturated heterocycles. The number of amides is 1. The molecule has 25 heavy (non-hydrogen) atoms. The van der Waals surface area contributed by atoms with E-state index < -0.39 is 0 Å². The number of carbonyl (C=O) groups is 1. The van der Waals surface area contributed by atoms with Crippen LogP contribution in [-0.4, -0.2) is 15.7 Å². The summed E-state index contributed by atoms with van der Waals surface area (Å²) in [7, 11) is 0. The lowest BCUT2D eigenvalue weighted by molar-refractivity contribution is -0.116. The highest BCUT2D eigenvalue weighted by Gasteiger charge is 2.08. The minimum Gasteiger partial charge on any atom is -0.326 e. The van der Waals surface area contributed by atoms with Gasteiger partial charge < -0.3 is 5.32 Å². The molecule has 0 bridgehead atoms. The van der Waals surface area contributed by atoms with Crippen molar-refractivity contribution in [3.05, 3.63) is 70.5 Å². The van der Waals surface area contributed by atoms with Gasteiger partial charge in [-0.3, -0.25) is 14.3 Å². The smallest absolute Gasteiger partial charge is 0.226 e. The van der Waals surface area contributed by atoms with Gasteiger partial charge in [-0.05, 0) is 35.7 Å². The quantitative estimate of drug-likeness (QED) is 0.775. The maximum atomic E-state index is 12.3. The van der Waals surface area contributed by atoms with E-state index in [1.54, 1.807) is 10.7 Å². The number of benzene rings is 2. The van der Waals surface area contributed by atoms with Crippen molar-refractivity contribution in [3.63, 3.8) is 0 Å². The Bertz CT molecular complexity index is 960. The second-order valence-corrected chi connectivity index (χ2v) is 6.33. The van der Waals surface area contributed by atoms with Crippen molar-refractivity contribution in [3.8, 4) is 0 Å². The first-order valence-electron chi connectivity index (χ1n) is 8.39. The monoisotopic (exact) mass is 335 g/mol. The van der Waals surface area contributed by atoms with Gasteiger partial charge in [-0.2, -0.15) is 5.10 Å². The molecule has 0 atom stereocenters. The van der Waals surface area contributed by atoms with E-state index in [1.807, 2.05) is 36.4 Å². The van der Waals surface area contributed by atoms with Crippen LogP contribution in [0.3, 0.4) is 0 Å². The van der Waals surface area contributed by atoms with Crippen molar-refractivity contribution < 1.29 is 4.79 Å². The topological polar surface area (TPSA) is 64.0 Å². The van der Waals surface area contributed by atoms with Crippen LogP contribution in [0.1, 0.15) is 31.7 Å². The molecular formula is C20H21N3O2. The van der Waals surface area contributed by atoms with E-state index in [1.165, 1.54) is 11.8 Å². The van der Waals surface area contributed by atoms with Crippen molar-refractivity contribution in [2.24, 2.45) is 0 Å². The lowest BCUT2D eigenvalue weighted by Crippen LogP contribution is -2.18. The van der Waals surface area contributed by atoms with Gasteiger partial charge in [-0.25, -0.2) is 0 Å². The van der Waals surface area contributed by atoms with Gasteiger partial charge in [-0.1, -0.05) is 38.1 Å². The van der Waals surface area contributed by atoms with Crippen molar-refractivity contribution in [2.45, 2.75) is 32.7 Å². The zero-order valence-electron chi connectivity index (χ0n) is 14.4. The highest BCUT2D eigenvalue weighted by atomic mass is 16.1. The number of carbonyl (C=O) groups excluding carboxylic acids is 1. The number of rotatable bonds is 5. The summed E-state index contributed by atoms with van der Waals surface area (Å²) in [6.07, 6.45) is 1.58. The number of para-hydroxylation sites is 1. The Morgan fingerprint density at radius 1 is 1.16 bits per heavy atom. The molecule has 0 radical (unpaired) electrons. The maximum Gasteiger partial charge on any atom is 0.226 e. The van der Waals surface area contributed by atoms with Gasteiger partial charge >= 0.3 is 0 Å². The molecule has 0 spiro atoms. The highest BCUT2D eigenvalue weighted by molar-refractivity contribution is 5.90. The normalized spacial score (nSPS) is 11.0. The van der Waals surface area contributed by atoms with E-state index in [-0.39, 0.29) is 17.8 Å². The Kier molecular flexibility index (Phi) is 4.93. The van der Waals surface area contributed by atoms with Gasteiger partial charge in [-0.15, -0.1) is 0 Å². The molecule has 0 aliphatic rings. The van der Waals surface area contributed by atoms with Crippen LogP contribution in [0.25, 0.3) is 10.9 Å². The first-order valence-corrected chi connectivity index (χ1v) is 8.39. The first-order chi connectivity index (χ1) is 12.0. The Hall–Kier alpha value is -2.95. The zero-order valence-corrected chi connectivity index (χ0v) is 14.4. The number of hydrogen-bond donors (Lipinski definition) is 1. The van der Waals surface area contributed by atoms with E-state index >= 15 is 0 Å². The van der Waals surface area contributed by atoms with Crippen LogP contribution in [0.5, 0.6) is 0 Å². The molecule has 3 rings (SSSR count). The van der Waals surface area contributed by atoms with Crippen LogP contribution in [0.4, 0.5) is 5.69 Å². The summed E-state index contributed by atoms with van der Waals surface area (Å²) in [5.41, 5.74) is 2.62. The fourth-order valence-electron chi connectivity index (χ4n) is 2.75. The second kappa shape index (κ2) is 7.30. The summed E-state index contributed by atoms with van der Waals surface area (Å²) in [5.74, 6) is 0.332. The number of aryl methyl sites for hydroxylation is 1. The number of nitrogens with zero attached hydrogens (tertiary/aromatic N) is 2. The van der Waals surface area contributed by atoms with Gasteiger partial charge in [0.1, 0.15) is 0 Å². The van der Waals surface area contributed by atoms with Crippen LogP contribution in [0.2, 0.25) is 0 Å². The molecule has 0 aliphatic carbocycles. The second-order valence-electron chi connectivity index (χ2n) is 6.33. The van der Waals surface area contributed by atoms with Crippen LogP contribution in [-0.2, 0) is 11.3 Å². The maximum absolute atomic E-state index is 12.3. The number of aromatic nitrogens is 2. The van der Waals surface area contributed by atoms with E-state index in [0.717, 1.165) is 11.2 Å². The molecule has 5 heteroatoms.